The zero-order chi connectivity index (χ0) is 10.1. The van der Waals surface area contributed by atoms with E-state index in [1.807, 2.05) is 0 Å². The third-order valence-electron chi connectivity index (χ3n) is 1.87. The first kappa shape index (κ1) is 10.1. The molecule has 0 aliphatic heterocycles. The predicted octanol–water partition coefficient (Wildman–Crippen LogP) is 2.05. The van der Waals surface area contributed by atoms with Crippen molar-refractivity contribution in [2.75, 3.05) is 0 Å². The number of pyridine rings is 1. The molecule has 0 fully saturated rings. The summed E-state index contributed by atoms with van der Waals surface area (Å²) in [6.07, 6.45) is -0.200. The zero-order valence-corrected chi connectivity index (χ0v) is 7.51. The summed E-state index contributed by atoms with van der Waals surface area (Å²) in [7, 11) is 0. The minimum atomic E-state index is -2.62. The molecule has 1 atom stereocenters. The molecule has 1 N–H and O–H groups in total. The van der Waals surface area contributed by atoms with E-state index in [1.54, 1.807) is 6.92 Å². The maximum atomic E-state index is 13.2. The van der Waals surface area contributed by atoms with Crippen molar-refractivity contribution in [2.45, 2.75) is 26.1 Å². The third-order valence-corrected chi connectivity index (χ3v) is 1.87. The molecule has 4 heteroatoms. The zero-order valence-electron chi connectivity index (χ0n) is 7.51. The number of nitrogens with zero attached hydrogens (tertiary/aromatic N) is 1. The Kier molecular flexibility index (Phi) is 2.61. The summed E-state index contributed by atoms with van der Waals surface area (Å²) >= 11 is 0. The van der Waals surface area contributed by atoms with Gasteiger partial charge in [0.1, 0.15) is 0 Å². The Labute approximate surface area is 75.2 Å². The molecule has 0 aliphatic rings. The molecule has 0 saturated heterocycles. The highest BCUT2D eigenvalue weighted by molar-refractivity contribution is 5.19. The lowest BCUT2D eigenvalue weighted by atomic mass is 10.1. The Hall–Kier alpha value is -1.03. The van der Waals surface area contributed by atoms with E-state index in [0.717, 1.165) is 0 Å². The van der Waals surface area contributed by atoms with Gasteiger partial charge in [-0.15, -0.1) is 0 Å². The first-order valence-corrected chi connectivity index (χ1v) is 4.02. The summed E-state index contributed by atoms with van der Waals surface area (Å²) in [5.74, 6) is -3.57. The van der Waals surface area contributed by atoms with Crippen LogP contribution in [0.5, 0.6) is 0 Å². The summed E-state index contributed by atoms with van der Waals surface area (Å²) in [6, 6.07) is 2.67. The smallest absolute Gasteiger partial charge is 0.237 e. The SMILES string of the molecule is CCC(O)(F)c1ccc(C)nc1F. The van der Waals surface area contributed by atoms with Gasteiger partial charge in [-0.05, 0) is 19.1 Å². The van der Waals surface area contributed by atoms with Crippen LogP contribution in [0, 0.1) is 12.9 Å². The average Bonchev–Trinajstić information content (AvgIpc) is 2.03. The fraction of sp³-hybridized carbons (Fsp3) is 0.444. The van der Waals surface area contributed by atoms with Gasteiger partial charge in [0, 0.05) is 12.1 Å². The normalized spacial score (nSPS) is 15.5. The number of alkyl halides is 1. The van der Waals surface area contributed by atoms with Crippen LogP contribution in [0.3, 0.4) is 0 Å². The lowest BCUT2D eigenvalue weighted by Gasteiger charge is -2.17. The average molecular weight is 187 g/mol. The lowest BCUT2D eigenvalue weighted by molar-refractivity contribution is -0.101. The number of aryl methyl sites for hydroxylation is 1. The summed E-state index contributed by atoms with van der Waals surface area (Å²) in [6.45, 7) is 3.02. The molecule has 0 radical (unpaired) electrons. The van der Waals surface area contributed by atoms with Crippen LogP contribution in [0.1, 0.15) is 24.6 Å². The van der Waals surface area contributed by atoms with Gasteiger partial charge in [0.05, 0.1) is 5.56 Å². The topological polar surface area (TPSA) is 33.1 Å². The van der Waals surface area contributed by atoms with Gasteiger partial charge in [0.15, 0.2) is 0 Å². The Balaban J connectivity index is 3.16. The maximum Gasteiger partial charge on any atom is 0.237 e. The van der Waals surface area contributed by atoms with Crippen molar-refractivity contribution in [2.24, 2.45) is 0 Å². The molecule has 72 valence electrons. The van der Waals surface area contributed by atoms with Crippen LogP contribution in [0.25, 0.3) is 0 Å². The van der Waals surface area contributed by atoms with Crippen molar-refractivity contribution < 1.29 is 13.9 Å². The van der Waals surface area contributed by atoms with Crippen LogP contribution in [-0.4, -0.2) is 10.1 Å². The summed E-state index contributed by atoms with van der Waals surface area (Å²) in [4.78, 5) is 3.42. The van der Waals surface area contributed by atoms with E-state index in [9.17, 15) is 8.78 Å². The van der Waals surface area contributed by atoms with E-state index in [1.165, 1.54) is 19.1 Å². The Bertz CT molecular complexity index is 312. The summed E-state index contributed by atoms with van der Waals surface area (Å²) in [5, 5.41) is 9.12. The van der Waals surface area contributed by atoms with Crippen LogP contribution in [0.4, 0.5) is 8.78 Å². The van der Waals surface area contributed by atoms with Gasteiger partial charge in [-0.1, -0.05) is 6.92 Å². The number of hydrogen-bond acceptors (Lipinski definition) is 2. The van der Waals surface area contributed by atoms with Gasteiger partial charge in [0.25, 0.3) is 0 Å². The van der Waals surface area contributed by atoms with Crippen molar-refractivity contribution in [3.8, 4) is 0 Å². The van der Waals surface area contributed by atoms with Gasteiger partial charge < -0.3 is 5.11 Å². The van der Waals surface area contributed by atoms with Crippen LogP contribution < -0.4 is 0 Å². The minimum absolute atomic E-state index is 0.200. The molecule has 0 amide bonds. The van der Waals surface area contributed by atoms with E-state index in [-0.39, 0.29) is 6.42 Å². The standard InChI is InChI=1S/C9H11F2NO/c1-3-9(11,13)7-5-4-6(2)12-8(7)10/h4-5,13H,3H2,1-2H3. The van der Waals surface area contributed by atoms with Crippen molar-refractivity contribution in [1.29, 1.82) is 0 Å². The number of aliphatic hydroxyl groups is 1. The molecular weight excluding hydrogens is 176 g/mol. The highest BCUT2D eigenvalue weighted by atomic mass is 19.2. The molecule has 1 aromatic rings. The van der Waals surface area contributed by atoms with Gasteiger partial charge in [-0.3, -0.25) is 0 Å². The monoisotopic (exact) mass is 187 g/mol. The quantitative estimate of drug-likeness (QED) is 0.719. The molecule has 1 unspecified atom stereocenters. The molecule has 1 aromatic heterocycles. The largest absolute Gasteiger partial charge is 0.358 e. The van der Waals surface area contributed by atoms with E-state index < -0.39 is 17.4 Å². The number of hydrogen-bond donors (Lipinski definition) is 1. The number of aromatic nitrogens is 1. The van der Waals surface area contributed by atoms with E-state index in [0.29, 0.717) is 5.69 Å². The molecular formula is C9H11F2NO. The molecule has 0 saturated carbocycles. The molecule has 0 spiro atoms. The second-order valence-electron chi connectivity index (χ2n) is 2.90. The number of halogens is 2. The predicted molar refractivity (Wildman–Crippen MR) is 44.2 cm³/mol. The van der Waals surface area contributed by atoms with Gasteiger partial charge in [-0.25, -0.2) is 9.37 Å². The lowest BCUT2D eigenvalue weighted by Crippen LogP contribution is -2.20. The molecule has 0 aliphatic carbocycles. The molecule has 1 rings (SSSR count). The Morgan fingerprint density at radius 2 is 2.15 bits per heavy atom. The second kappa shape index (κ2) is 3.38. The molecule has 1 heterocycles. The highest BCUT2D eigenvalue weighted by Gasteiger charge is 2.30. The van der Waals surface area contributed by atoms with Gasteiger partial charge in [-0.2, -0.15) is 4.39 Å². The molecule has 2 nitrogen and oxygen atoms in total. The van der Waals surface area contributed by atoms with E-state index in [4.69, 9.17) is 5.11 Å². The van der Waals surface area contributed by atoms with Crippen LogP contribution >= 0.6 is 0 Å². The third kappa shape index (κ3) is 2.01. The minimum Gasteiger partial charge on any atom is -0.358 e. The van der Waals surface area contributed by atoms with Crippen LogP contribution in [-0.2, 0) is 5.85 Å². The van der Waals surface area contributed by atoms with Crippen molar-refractivity contribution in [1.82, 2.24) is 4.98 Å². The maximum absolute atomic E-state index is 13.2. The van der Waals surface area contributed by atoms with Crippen LogP contribution in [0.2, 0.25) is 0 Å². The van der Waals surface area contributed by atoms with E-state index in [2.05, 4.69) is 4.98 Å². The highest BCUT2D eigenvalue weighted by Crippen LogP contribution is 2.27. The Morgan fingerprint density at radius 1 is 1.54 bits per heavy atom. The van der Waals surface area contributed by atoms with Crippen molar-refractivity contribution >= 4 is 0 Å². The fourth-order valence-electron chi connectivity index (χ4n) is 1.00. The summed E-state index contributed by atoms with van der Waals surface area (Å²) < 4.78 is 26.2. The Morgan fingerprint density at radius 3 is 2.62 bits per heavy atom. The summed E-state index contributed by atoms with van der Waals surface area (Å²) in [5.41, 5.74) is 0.0498. The van der Waals surface area contributed by atoms with Gasteiger partial charge >= 0.3 is 0 Å². The van der Waals surface area contributed by atoms with Gasteiger partial charge in [0.2, 0.25) is 11.8 Å². The fourth-order valence-corrected chi connectivity index (χ4v) is 1.00. The second-order valence-corrected chi connectivity index (χ2v) is 2.90. The number of rotatable bonds is 2. The first-order chi connectivity index (χ1) is 5.97. The van der Waals surface area contributed by atoms with Crippen LogP contribution in [0.15, 0.2) is 12.1 Å². The van der Waals surface area contributed by atoms with E-state index >= 15 is 0 Å². The molecule has 0 aromatic carbocycles. The molecule has 13 heavy (non-hydrogen) atoms. The first-order valence-electron chi connectivity index (χ1n) is 4.02. The molecule has 0 bridgehead atoms. The van der Waals surface area contributed by atoms with Crippen molar-refractivity contribution in [3.63, 3.8) is 0 Å². The van der Waals surface area contributed by atoms with Crippen molar-refractivity contribution in [3.05, 3.63) is 29.3 Å².